The topological polar surface area (TPSA) is 73.1 Å². The van der Waals surface area contributed by atoms with Crippen LogP contribution in [0.25, 0.3) is 0 Å². The fourth-order valence-corrected chi connectivity index (χ4v) is 3.07. The van der Waals surface area contributed by atoms with Gasteiger partial charge in [0.1, 0.15) is 5.75 Å². The third kappa shape index (κ3) is 3.27. The van der Waals surface area contributed by atoms with Gasteiger partial charge in [-0.25, -0.2) is 0 Å². The Morgan fingerprint density at radius 1 is 1.50 bits per heavy atom. The summed E-state index contributed by atoms with van der Waals surface area (Å²) in [4.78, 5) is 1.05. The third-order valence-corrected chi connectivity index (χ3v) is 4.22. The number of rotatable bonds is 6. The molecule has 108 valence electrons. The molecule has 0 bridgehead atoms. The molecule has 1 aromatic carbocycles. The van der Waals surface area contributed by atoms with Crippen molar-refractivity contribution in [2.45, 2.75) is 25.8 Å². The second kappa shape index (κ2) is 6.99. The summed E-state index contributed by atoms with van der Waals surface area (Å²) >= 11 is 7.42. The van der Waals surface area contributed by atoms with E-state index in [1.165, 1.54) is 11.5 Å². The maximum absolute atomic E-state index is 6.05. The molecule has 3 N–H and O–H groups in total. The van der Waals surface area contributed by atoms with E-state index in [1.807, 2.05) is 19.1 Å². The number of ether oxygens (including phenoxy) is 1. The van der Waals surface area contributed by atoms with E-state index in [-0.39, 0.29) is 6.04 Å². The molecule has 0 radical (unpaired) electrons. The number of benzene rings is 1. The highest BCUT2D eigenvalue weighted by Crippen LogP contribution is 2.29. The van der Waals surface area contributed by atoms with Crippen LogP contribution in [0.1, 0.15) is 29.1 Å². The van der Waals surface area contributed by atoms with Crippen LogP contribution in [-0.2, 0) is 12.8 Å². The Balaban J connectivity index is 2.29. The number of methoxy groups -OCH3 is 1. The Morgan fingerprint density at radius 2 is 2.30 bits per heavy atom. The summed E-state index contributed by atoms with van der Waals surface area (Å²) < 4.78 is 9.37. The van der Waals surface area contributed by atoms with Gasteiger partial charge in [0.25, 0.3) is 0 Å². The molecule has 0 aliphatic heterocycles. The predicted octanol–water partition coefficient (Wildman–Crippen LogP) is 2.51. The summed E-state index contributed by atoms with van der Waals surface area (Å²) in [5, 5.41) is 4.80. The second-order valence-corrected chi connectivity index (χ2v) is 5.54. The SMILES string of the molecule is CCc1nnsc1C(Cc1cc(Cl)ccc1OC)NN. The molecule has 0 fully saturated rings. The molecule has 0 amide bonds. The molecule has 0 spiro atoms. The largest absolute Gasteiger partial charge is 0.496 e. The number of aromatic nitrogens is 2. The van der Waals surface area contributed by atoms with Crippen LogP contribution < -0.4 is 16.0 Å². The van der Waals surface area contributed by atoms with Gasteiger partial charge in [-0.05, 0) is 48.1 Å². The summed E-state index contributed by atoms with van der Waals surface area (Å²) in [7, 11) is 1.64. The van der Waals surface area contributed by atoms with Gasteiger partial charge in [0.15, 0.2) is 0 Å². The minimum Gasteiger partial charge on any atom is -0.496 e. The molecule has 5 nitrogen and oxygen atoms in total. The van der Waals surface area contributed by atoms with Crippen molar-refractivity contribution < 1.29 is 4.74 Å². The molecule has 2 aromatic rings. The molecule has 1 heterocycles. The number of hydrogen-bond donors (Lipinski definition) is 2. The highest BCUT2D eigenvalue weighted by molar-refractivity contribution is 7.05. The number of nitrogens with two attached hydrogens (primary N) is 1. The standard InChI is InChI=1S/C13H17ClN4OS/c1-3-10-13(20-18-17-10)11(16-15)7-8-6-9(14)4-5-12(8)19-2/h4-6,11,16H,3,7,15H2,1-2H3. The Kier molecular flexibility index (Phi) is 5.31. The molecule has 20 heavy (non-hydrogen) atoms. The zero-order chi connectivity index (χ0) is 14.5. The average molecular weight is 313 g/mol. The van der Waals surface area contributed by atoms with E-state index in [4.69, 9.17) is 22.2 Å². The molecule has 2 rings (SSSR count). The van der Waals surface area contributed by atoms with E-state index in [1.54, 1.807) is 13.2 Å². The van der Waals surface area contributed by atoms with E-state index in [2.05, 4.69) is 15.0 Å². The fraction of sp³-hybridized carbons (Fsp3) is 0.385. The normalized spacial score (nSPS) is 12.4. The Labute approximate surface area is 127 Å². The smallest absolute Gasteiger partial charge is 0.122 e. The maximum Gasteiger partial charge on any atom is 0.122 e. The highest BCUT2D eigenvalue weighted by atomic mass is 35.5. The van der Waals surface area contributed by atoms with Gasteiger partial charge in [-0.15, -0.1) is 5.10 Å². The maximum atomic E-state index is 6.05. The van der Waals surface area contributed by atoms with Crippen LogP contribution in [0.2, 0.25) is 5.02 Å². The fourth-order valence-electron chi connectivity index (χ4n) is 2.08. The van der Waals surface area contributed by atoms with Gasteiger partial charge in [-0.3, -0.25) is 11.3 Å². The number of hydrazine groups is 1. The number of nitrogens with zero attached hydrogens (tertiary/aromatic N) is 2. The lowest BCUT2D eigenvalue weighted by molar-refractivity contribution is 0.406. The number of halogens is 1. The third-order valence-electron chi connectivity index (χ3n) is 3.10. The van der Waals surface area contributed by atoms with Gasteiger partial charge in [-0.2, -0.15) is 0 Å². The lowest BCUT2D eigenvalue weighted by Crippen LogP contribution is -2.29. The zero-order valence-electron chi connectivity index (χ0n) is 11.4. The lowest BCUT2D eigenvalue weighted by atomic mass is 10.0. The summed E-state index contributed by atoms with van der Waals surface area (Å²) in [6.07, 6.45) is 1.49. The molecule has 0 saturated carbocycles. The van der Waals surface area contributed by atoms with Crippen LogP contribution in [-0.4, -0.2) is 16.7 Å². The van der Waals surface area contributed by atoms with Crippen LogP contribution >= 0.6 is 23.1 Å². The highest BCUT2D eigenvalue weighted by Gasteiger charge is 2.19. The van der Waals surface area contributed by atoms with Crippen molar-refractivity contribution >= 4 is 23.1 Å². The summed E-state index contributed by atoms with van der Waals surface area (Å²) in [6.45, 7) is 2.05. The molecule has 7 heteroatoms. The van der Waals surface area contributed by atoms with E-state index in [9.17, 15) is 0 Å². The second-order valence-electron chi connectivity index (χ2n) is 4.32. The first kappa shape index (κ1) is 15.2. The van der Waals surface area contributed by atoms with Crippen molar-refractivity contribution in [3.63, 3.8) is 0 Å². The molecule has 0 aliphatic carbocycles. The van der Waals surface area contributed by atoms with Gasteiger partial charge >= 0.3 is 0 Å². The monoisotopic (exact) mass is 312 g/mol. The Hall–Kier alpha value is -1.21. The molecular weight excluding hydrogens is 296 g/mol. The minimum absolute atomic E-state index is 0.0580. The number of nitrogens with one attached hydrogen (secondary N) is 1. The van der Waals surface area contributed by atoms with Crippen molar-refractivity contribution in [1.29, 1.82) is 0 Å². The van der Waals surface area contributed by atoms with Crippen LogP contribution in [0.3, 0.4) is 0 Å². The van der Waals surface area contributed by atoms with Crippen LogP contribution in [0.4, 0.5) is 0 Å². The summed E-state index contributed by atoms with van der Waals surface area (Å²) in [5.74, 6) is 6.49. The first-order chi connectivity index (χ1) is 9.69. The van der Waals surface area contributed by atoms with E-state index >= 15 is 0 Å². The van der Waals surface area contributed by atoms with E-state index in [0.717, 1.165) is 28.3 Å². The average Bonchev–Trinajstić information content (AvgIpc) is 2.93. The van der Waals surface area contributed by atoms with Gasteiger partial charge < -0.3 is 4.74 Å². The Bertz CT molecular complexity index is 575. The zero-order valence-corrected chi connectivity index (χ0v) is 13.0. The predicted molar refractivity (Wildman–Crippen MR) is 81.1 cm³/mol. The lowest BCUT2D eigenvalue weighted by Gasteiger charge is -2.17. The molecule has 0 saturated heterocycles. The molecule has 0 aliphatic rings. The van der Waals surface area contributed by atoms with Crippen LogP contribution in [0.5, 0.6) is 5.75 Å². The molecule has 1 atom stereocenters. The van der Waals surface area contributed by atoms with Gasteiger partial charge in [0, 0.05) is 5.02 Å². The Morgan fingerprint density at radius 3 is 2.95 bits per heavy atom. The molecule has 1 aromatic heterocycles. The number of aryl methyl sites for hydroxylation is 1. The minimum atomic E-state index is -0.0580. The molecular formula is C13H17ClN4OS. The van der Waals surface area contributed by atoms with Crippen molar-refractivity contribution in [2.75, 3.05) is 7.11 Å². The van der Waals surface area contributed by atoms with Crippen LogP contribution in [0, 0.1) is 0 Å². The van der Waals surface area contributed by atoms with E-state index in [0.29, 0.717) is 11.4 Å². The van der Waals surface area contributed by atoms with Crippen molar-refractivity contribution in [3.8, 4) is 5.75 Å². The van der Waals surface area contributed by atoms with Crippen molar-refractivity contribution in [2.24, 2.45) is 5.84 Å². The first-order valence-electron chi connectivity index (χ1n) is 6.29. The first-order valence-corrected chi connectivity index (χ1v) is 7.44. The van der Waals surface area contributed by atoms with Crippen molar-refractivity contribution in [3.05, 3.63) is 39.4 Å². The quantitative estimate of drug-likeness (QED) is 0.633. The van der Waals surface area contributed by atoms with Gasteiger partial charge in [0.05, 0.1) is 23.7 Å². The van der Waals surface area contributed by atoms with Crippen LogP contribution in [0.15, 0.2) is 18.2 Å². The van der Waals surface area contributed by atoms with Gasteiger partial charge in [-0.1, -0.05) is 23.0 Å². The van der Waals surface area contributed by atoms with Crippen molar-refractivity contribution in [1.82, 2.24) is 15.0 Å². The van der Waals surface area contributed by atoms with Gasteiger partial charge in [0.2, 0.25) is 0 Å². The molecule has 1 unspecified atom stereocenters. The summed E-state index contributed by atoms with van der Waals surface area (Å²) in [6, 6.07) is 5.50. The van der Waals surface area contributed by atoms with E-state index < -0.39 is 0 Å². The summed E-state index contributed by atoms with van der Waals surface area (Å²) in [5.41, 5.74) is 4.80. The number of hydrogen-bond acceptors (Lipinski definition) is 6.